The van der Waals surface area contributed by atoms with Crippen molar-refractivity contribution in [2.75, 3.05) is 20.3 Å². The van der Waals surface area contributed by atoms with Crippen LogP contribution in [0.3, 0.4) is 0 Å². The van der Waals surface area contributed by atoms with Crippen molar-refractivity contribution in [2.24, 2.45) is 0 Å². The van der Waals surface area contributed by atoms with Crippen LogP contribution in [0.1, 0.15) is 12.8 Å². The molecule has 0 aromatic heterocycles. The number of carbonyl (C=O) groups is 1. The molecule has 0 atom stereocenters. The van der Waals surface area contributed by atoms with Crippen LogP contribution in [0.4, 0.5) is 0 Å². The van der Waals surface area contributed by atoms with Gasteiger partial charge in [-0.15, -0.1) is 0 Å². The van der Waals surface area contributed by atoms with Gasteiger partial charge in [0.05, 0.1) is 12.0 Å². The summed E-state index contributed by atoms with van der Waals surface area (Å²) in [6.45, 7) is 0.253. The monoisotopic (exact) mass is 300 g/mol. The summed E-state index contributed by atoms with van der Waals surface area (Å²) < 4.78 is 33.6. The lowest BCUT2D eigenvalue weighted by molar-refractivity contribution is -0.142. The number of ether oxygens (including phenoxy) is 2. The lowest BCUT2D eigenvalue weighted by Crippen LogP contribution is -2.50. The second kappa shape index (κ2) is 5.41. The van der Waals surface area contributed by atoms with Crippen molar-refractivity contribution < 1.29 is 27.8 Å². The van der Waals surface area contributed by atoms with Gasteiger partial charge in [-0.2, -0.15) is 0 Å². The third kappa shape index (κ3) is 2.27. The first kappa shape index (κ1) is 14.8. The Bertz CT molecular complexity index is 584. The number of hydrogen-bond donors (Lipinski definition) is 1. The van der Waals surface area contributed by atoms with E-state index in [1.54, 1.807) is 0 Å². The highest BCUT2D eigenvalue weighted by molar-refractivity contribution is 7.93. The molecular formula is C13H16O6S. The van der Waals surface area contributed by atoms with Gasteiger partial charge in [-0.05, 0) is 24.3 Å². The van der Waals surface area contributed by atoms with Gasteiger partial charge in [0, 0.05) is 26.1 Å². The van der Waals surface area contributed by atoms with Crippen LogP contribution in [0.5, 0.6) is 5.75 Å². The van der Waals surface area contributed by atoms with Crippen molar-refractivity contribution in [1.82, 2.24) is 0 Å². The zero-order valence-corrected chi connectivity index (χ0v) is 11.9. The van der Waals surface area contributed by atoms with Crippen LogP contribution in [0, 0.1) is 0 Å². The molecule has 0 radical (unpaired) electrons. The van der Waals surface area contributed by atoms with Gasteiger partial charge < -0.3 is 14.6 Å². The van der Waals surface area contributed by atoms with E-state index >= 15 is 0 Å². The van der Waals surface area contributed by atoms with Crippen molar-refractivity contribution in [1.29, 1.82) is 0 Å². The van der Waals surface area contributed by atoms with E-state index in [4.69, 9.17) is 9.47 Å². The Morgan fingerprint density at radius 3 is 2.25 bits per heavy atom. The summed E-state index contributed by atoms with van der Waals surface area (Å²) in [5.74, 6) is -0.808. The fourth-order valence-corrected chi connectivity index (χ4v) is 4.16. The maximum absolute atomic E-state index is 12.7. The summed E-state index contributed by atoms with van der Waals surface area (Å²) in [4.78, 5) is 11.5. The first-order valence-electron chi connectivity index (χ1n) is 6.14. The number of hydrogen-bond acceptors (Lipinski definition) is 5. The number of rotatable bonds is 4. The predicted molar refractivity (Wildman–Crippen MR) is 70.6 cm³/mol. The average Bonchev–Trinajstić information content (AvgIpc) is 2.47. The molecule has 1 saturated heterocycles. The summed E-state index contributed by atoms with van der Waals surface area (Å²) in [5, 5.41) is 9.43. The molecule has 1 aliphatic rings. The number of benzene rings is 1. The molecule has 0 bridgehead atoms. The largest absolute Gasteiger partial charge is 0.497 e. The number of methoxy groups -OCH3 is 1. The molecule has 1 N–H and O–H groups in total. The lowest BCUT2D eigenvalue weighted by Gasteiger charge is -2.32. The molecule has 20 heavy (non-hydrogen) atoms. The highest BCUT2D eigenvalue weighted by atomic mass is 32.2. The molecule has 0 aliphatic carbocycles. The Balaban J connectivity index is 2.47. The van der Waals surface area contributed by atoms with Gasteiger partial charge >= 0.3 is 5.97 Å². The first-order valence-corrected chi connectivity index (χ1v) is 7.62. The van der Waals surface area contributed by atoms with E-state index in [-0.39, 0.29) is 31.0 Å². The Morgan fingerprint density at radius 1 is 1.25 bits per heavy atom. The highest BCUT2D eigenvalue weighted by Crippen LogP contribution is 2.35. The third-order valence-corrected chi connectivity index (χ3v) is 6.08. The fourth-order valence-electron chi connectivity index (χ4n) is 2.28. The van der Waals surface area contributed by atoms with E-state index in [1.165, 1.54) is 31.4 Å². The SMILES string of the molecule is COc1ccc(S(=O)(=O)C2(C(=O)O)CCOCC2)cc1. The molecule has 1 aromatic rings. The van der Waals surface area contributed by atoms with Crippen LogP contribution in [0.15, 0.2) is 29.2 Å². The van der Waals surface area contributed by atoms with Crippen molar-refractivity contribution in [3.63, 3.8) is 0 Å². The summed E-state index contributed by atoms with van der Waals surface area (Å²) in [6, 6.07) is 5.74. The summed E-state index contributed by atoms with van der Waals surface area (Å²) >= 11 is 0. The maximum atomic E-state index is 12.7. The molecule has 2 rings (SSSR count). The number of sulfone groups is 1. The third-order valence-electron chi connectivity index (χ3n) is 3.57. The van der Waals surface area contributed by atoms with E-state index in [0.717, 1.165) is 0 Å². The molecule has 1 heterocycles. The van der Waals surface area contributed by atoms with Gasteiger partial charge in [-0.25, -0.2) is 8.42 Å². The zero-order chi connectivity index (χ0) is 14.8. The van der Waals surface area contributed by atoms with Gasteiger partial charge in [-0.1, -0.05) is 0 Å². The maximum Gasteiger partial charge on any atom is 0.325 e. The Kier molecular flexibility index (Phi) is 4.01. The normalized spacial score (nSPS) is 18.4. The molecule has 7 heteroatoms. The molecule has 0 spiro atoms. The Labute approximate surface area is 117 Å². The second-order valence-electron chi connectivity index (χ2n) is 4.59. The quantitative estimate of drug-likeness (QED) is 0.895. The minimum atomic E-state index is -3.98. The van der Waals surface area contributed by atoms with Crippen LogP contribution in [-0.4, -0.2) is 44.6 Å². The molecule has 1 aliphatic heterocycles. The molecular weight excluding hydrogens is 284 g/mol. The van der Waals surface area contributed by atoms with E-state index in [9.17, 15) is 18.3 Å². The number of carboxylic acids is 1. The van der Waals surface area contributed by atoms with Crippen molar-refractivity contribution in [3.05, 3.63) is 24.3 Å². The second-order valence-corrected chi connectivity index (χ2v) is 6.85. The van der Waals surface area contributed by atoms with Gasteiger partial charge in [0.2, 0.25) is 0 Å². The Hall–Kier alpha value is -1.60. The number of carboxylic acid groups (broad SMARTS) is 1. The lowest BCUT2D eigenvalue weighted by atomic mass is 9.99. The molecule has 0 amide bonds. The standard InChI is InChI=1S/C13H16O6S/c1-18-10-2-4-11(5-3-10)20(16,17)13(12(14)15)6-8-19-9-7-13/h2-5H,6-9H2,1H3,(H,14,15). The van der Waals surface area contributed by atoms with Gasteiger partial charge in [0.1, 0.15) is 5.75 Å². The van der Waals surface area contributed by atoms with Crippen LogP contribution in [0.25, 0.3) is 0 Å². The minimum Gasteiger partial charge on any atom is -0.497 e. The summed E-state index contributed by atoms with van der Waals surface area (Å²) in [7, 11) is -2.51. The predicted octanol–water partition coefficient (Wildman–Crippen LogP) is 1.10. The molecule has 1 fully saturated rings. The summed E-state index contributed by atoms with van der Waals surface area (Å²) in [5.41, 5.74) is 0. The van der Waals surface area contributed by atoms with Crippen molar-refractivity contribution in [2.45, 2.75) is 22.5 Å². The highest BCUT2D eigenvalue weighted by Gasteiger charge is 2.52. The van der Waals surface area contributed by atoms with E-state index < -0.39 is 20.6 Å². The van der Waals surface area contributed by atoms with Gasteiger partial charge in [0.15, 0.2) is 14.6 Å². The van der Waals surface area contributed by atoms with Crippen LogP contribution in [-0.2, 0) is 19.4 Å². The van der Waals surface area contributed by atoms with Crippen molar-refractivity contribution >= 4 is 15.8 Å². The fraction of sp³-hybridized carbons (Fsp3) is 0.462. The van der Waals surface area contributed by atoms with Crippen molar-refractivity contribution in [3.8, 4) is 5.75 Å². The van der Waals surface area contributed by atoms with E-state index in [2.05, 4.69) is 0 Å². The van der Waals surface area contributed by atoms with Gasteiger partial charge in [-0.3, -0.25) is 4.79 Å². The van der Waals surface area contributed by atoms with Crippen LogP contribution >= 0.6 is 0 Å². The van der Waals surface area contributed by atoms with E-state index in [0.29, 0.717) is 5.75 Å². The smallest absolute Gasteiger partial charge is 0.325 e. The molecule has 0 saturated carbocycles. The first-order chi connectivity index (χ1) is 9.44. The van der Waals surface area contributed by atoms with E-state index in [1.807, 2.05) is 0 Å². The molecule has 110 valence electrons. The number of aliphatic carboxylic acids is 1. The molecule has 6 nitrogen and oxygen atoms in total. The average molecular weight is 300 g/mol. The topological polar surface area (TPSA) is 89.9 Å². The molecule has 0 unspecified atom stereocenters. The minimum absolute atomic E-state index is 0.0115. The zero-order valence-electron chi connectivity index (χ0n) is 11.0. The Morgan fingerprint density at radius 2 is 1.80 bits per heavy atom. The van der Waals surface area contributed by atoms with Crippen LogP contribution in [0.2, 0.25) is 0 Å². The summed E-state index contributed by atoms with van der Waals surface area (Å²) in [6.07, 6.45) is -0.0899. The van der Waals surface area contributed by atoms with Gasteiger partial charge in [0.25, 0.3) is 0 Å². The van der Waals surface area contributed by atoms with Crippen LogP contribution < -0.4 is 4.74 Å². The molecule has 1 aromatic carbocycles.